The monoisotopic (exact) mass is 406 g/mol. The Bertz CT molecular complexity index is 919. The molecule has 1 amide bonds. The SMILES string of the molecule is COc1cccc(N(C(=O)c2cccs2)C2CCN(Cc3ccccc3)CC2)c1. The average Bonchev–Trinajstić information content (AvgIpc) is 3.31. The number of benzene rings is 2. The van der Waals surface area contributed by atoms with Crippen molar-refractivity contribution in [3.05, 3.63) is 82.6 Å². The zero-order valence-corrected chi connectivity index (χ0v) is 17.5. The summed E-state index contributed by atoms with van der Waals surface area (Å²) in [5.41, 5.74) is 2.24. The smallest absolute Gasteiger partial charge is 0.268 e. The topological polar surface area (TPSA) is 32.8 Å². The van der Waals surface area contributed by atoms with Crippen LogP contribution in [0.15, 0.2) is 72.1 Å². The lowest BCUT2D eigenvalue weighted by Crippen LogP contribution is -2.47. The van der Waals surface area contributed by atoms with Crippen LogP contribution < -0.4 is 9.64 Å². The van der Waals surface area contributed by atoms with Gasteiger partial charge >= 0.3 is 0 Å². The van der Waals surface area contributed by atoms with E-state index in [-0.39, 0.29) is 11.9 Å². The lowest BCUT2D eigenvalue weighted by atomic mass is 10.0. The molecule has 0 unspecified atom stereocenters. The van der Waals surface area contributed by atoms with Crippen LogP contribution in [-0.2, 0) is 6.54 Å². The highest BCUT2D eigenvalue weighted by atomic mass is 32.1. The van der Waals surface area contributed by atoms with Crippen LogP contribution in [0.25, 0.3) is 0 Å². The summed E-state index contributed by atoms with van der Waals surface area (Å²) in [5.74, 6) is 0.850. The minimum atomic E-state index is 0.0785. The fourth-order valence-corrected chi connectivity index (χ4v) is 4.61. The summed E-state index contributed by atoms with van der Waals surface area (Å²) in [6.07, 6.45) is 1.92. The van der Waals surface area contributed by atoms with Crippen molar-refractivity contribution >= 4 is 22.9 Å². The van der Waals surface area contributed by atoms with Gasteiger partial charge in [0.25, 0.3) is 5.91 Å². The van der Waals surface area contributed by atoms with Crippen LogP contribution in [0.1, 0.15) is 28.1 Å². The summed E-state index contributed by atoms with van der Waals surface area (Å²) >= 11 is 1.50. The summed E-state index contributed by atoms with van der Waals surface area (Å²) in [6.45, 7) is 2.93. The Labute approximate surface area is 176 Å². The number of piperidine rings is 1. The molecule has 150 valence electrons. The molecule has 0 radical (unpaired) electrons. The van der Waals surface area contributed by atoms with Crippen LogP contribution >= 0.6 is 11.3 Å². The van der Waals surface area contributed by atoms with Crippen molar-refractivity contribution in [1.82, 2.24) is 4.90 Å². The van der Waals surface area contributed by atoms with Crippen LogP contribution in [0.3, 0.4) is 0 Å². The van der Waals surface area contributed by atoms with E-state index in [1.54, 1.807) is 7.11 Å². The summed E-state index contributed by atoms with van der Waals surface area (Å²) < 4.78 is 5.40. The third-order valence-electron chi connectivity index (χ3n) is 5.45. The van der Waals surface area contributed by atoms with Gasteiger partial charge in [0, 0.05) is 37.4 Å². The maximum atomic E-state index is 13.4. The number of rotatable bonds is 6. The maximum absolute atomic E-state index is 13.4. The highest BCUT2D eigenvalue weighted by Crippen LogP contribution is 2.30. The normalized spacial score (nSPS) is 15.2. The molecule has 29 heavy (non-hydrogen) atoms. The molecule has 1 saturated heterocycles. The van der Waals surface area contributed by atoms with E-state index in [4.69, 9.17) is 4.74 Å². The number of nitrogens with zero attached hydrogens (tertiary/aromatic N) is 2. The average molecular weight is 407 g/mol. The zero-order valence-electron chi connectivity index (χ0n) is 16.7. The van der Waals surface area contributed by atoms with Crippen molar-refractivity contribution in [2.45, 2.75) is 25.4 Å². The van der Waals surface area contributed by atoms with Gasteiger partial charge in [-0.05, 0) is 42.0 Å². The predicted molar refractivity (Wildman–Crippen MR) is 119 cm³/mol. The van der Waals surface area contributed by atoms with Gasteiger partial charge in [-0.2, -0.15) is 0 Å². The molecule has 0 atom stereocenters. The molecular weight excluding hydrogens is 380 g/mol. The number of carbonyl (C=O) groups excluding carboxylic acids is 1. The van der Waals surface area contributed by atoms with E-state index in [1.165, 1.54) is 16.9 Å². The van der Waals surface area contributed by atoms with E-state index in [1.807, 2.05) is 46.7 Å². The second-order valence-electron chi connectivity index (χ2n) is 7.35. The fraction of sp³-hybridized carbons (Fsp3) is 0.292. The molecule has 1 aliphatic heterocycles. The molecule has 4 nitrogen and oxygen atoms in total. The van der Waals surface area contributed by atoms with Crippen LogP contribution in [0.2, 0.25) is 0 Å². The van der Waals surface area contributed by atoms with Gasteiger partial charge < -0.3 is 9.64 Å². The molecule has 1 fully saturated rings. The molecule has 0 N–H and O–H groups in total. The summed E-state index contributed by atoms with van der Waals surface area (Å²) in [7, 11) is 1.66. The minimum absolute atomic E-state index is 0.0785. The molecule has 0 bridgehead atoms. The molecule has 0 spiro atoms. The first-order valence-corrected chi connectivity index (χ1v) is 10.9. The number of ether oxygens (including phenoxy) is 1. The van der Waals surface area contributed by atoms with Gasteiger partial charge in [-0.3, -0.25) is 9.69 Å². The van der Waals surface area contributed by atoms with Crippen LogP contribution in [0, 0.1) is 0 Å². The molecule has 0 saturated carbocycles. The number of amides is 1. The Morgan fingerprint density at radius 1 is 1.07 bits per heavy atom. The molecule has 2 heterocycles. The Hall–Kier alpha value is -2.63. The quantitative estimate of drug-likeness (QED) is 0.573. The Morgan fingerprint density at radius 3 is 2.55 bits per heavy atom. The number of methoxy groups -OCH3 is 1. The number of anilines is 1. The molecule has 2 aromatic carbocycles. The Morgan fingerprint density at radius 2 is 1.86 bits per heavy atom. The Kier molecular flexibility index (Phi) is 6.27. The number of thiophene rings is 1. The largest absolute Gasteiger partial charge is 0.497 e. The van der Waals surface area contributed by atoms with E-state index in [0.29, 0.717) is 0 Å². The van der Waals surface area contributed by atoms with Gasteiger partial charge in [-0.25, -0.2) is 0 Å². The zero-order chi connectivity index (χ0) is 20.1. The fourth-order valence-electron chi connectivity index (χ4n) is 3.95. The molecule has 3 aromatic rings. The highest BCUT2D eigenvalue weighted by molar-refractivity contribution is 7.12. The highest BCUT2D eigenvalue weighted by Gasteiger charge is 2.30. The van der Waals surface area contributed by atoms with Gasteiger partial charge in [0.2, 0.25) is 0 Å². The Balaban J connectivity index is 1.52. The van der Waals surface area contributed by atoms with Gasteiger partial charge in [0.15, 0.2) is 0 Å². The van der Waals surface area contributed by atoms with E-state index < -0.39 is 0 Å². The van der Waals surface area contributed by atoms with E-state index in [2.05, 4.69) is 35.2 Å². The van der Waals surface area contributed by atoms with Gasteiger partial charge in [-0.1, -0.05) is 42.5 Å². The minimum Gasteiger partial charge on any atom is -0.497 e. The standard InChI is InChI=1S/C24H26N2O2S/c1-28-22-10-5-9-21(17-22)26(24(27)23-11-6-16-29-23)20-12-14-25(15-13-20)18-19-7-3-2-4-8-19/h2-11,16-17,20H,12-15,18H2,1H3. The lowest BCUT2D eigenvalue weighted by Gasteiger charge is -2.38. The maximum Gasteiger partial charge on any atom is 0.268 e. The van der Waals surface area contributed by atoms with Crippen LogP contribution in [0.5, 0.6) is 5.75 Å². The third kappa shape index (κ3) is 4.69. The number of hydrogen-bond acceptors (Lipinski definition) is 4. The number of carbonyl (C=O) groups is 1. The first-order valence-electron chi connectivity index (χ1n) is 10.0. The van der Waals surface area contributed by atoms with Crippen LogP contribution in [-0.4, -0.2) is 37.0 Å². The van der Waals surface area contributed by atoms with Crippen molar-refractivity contribution in [3.8, 4) is 5.75 Å². The second kappa shape index (κ2) is 9.25. The second-order valence-corrected chi connectivity index (χ2v) is 8.29. The van der Waals surface area contributed by atoms with Crippen molar-refractivity contribution in [2.75, 3.05) is 25.1 Å². The molecular formula is C24H26N2O2S. The van der Waals surface area contributed by atoms with E-state index in [9.17, 15) is 4.79 Å². The first-order chi connectivity index (χ1) is 14.2. The van der Waals surface area contributed by atoms with Crippen molar-refractivity contribution < 1.29 is 9.53 Å². The van der Waals surface area contributed by atoms with Crippen molar-refractivity contribution in [3.63, 3.8) is 0 Å². The van der Waals surface area contributed by atoms with Gasteiger partial charge in [0.1, 0.15) is 5.75 Å². The number of likely N-dealkylation sites (tertiary alicyclic amines) is 1. The van der Waals surface area contributed by atoms with Crippen molar-refractivity contribution in [1.29, 1.82) is 0 Å². The van der Waals surface area contributed by atoms with Crippen LogP contribution in [0.4, 0.5) is 5.69 Å². The lowest BCUT2D eigenvalue weighted by molar-refractivity contribution is 0.0962. The first kappa shape index (κ1) is 19.7. The molecule has 5 heteroatoms. The number of hydrogen-bond donors (Lipinski definition) is 0. The summed E-state index contributed by atoms with van der Waals surface area (Å²) in [4.78, 5) is 18.6. The third-order valence-corrected chi connectivity index (χ3v) is 6.31. The van der Waals surface area contributed by atoms with Gasteiger partial charge in [0.05, 0.1) is 12.0 Å². The predicted octanol–water partition coefficient (Wildman–Crippen LogP) is 5.07. The molecule has 1 aromatic heterocycles. The molecule has 4 rings (SSSR count). The van der Waals surface area contributed by atoms with Crippen molar-refractivity contribution in [2.24, 2.45) is 0 Å². The summed E-state index contributed by atoms with van der Waals surface area (Å²) in [5, 5.41) is 1.96. The van der Waals surface area contributed by atoms with E-state index >= 15 is 0 Å². The molecule has 1 aliphatic rings. The molecule has 0 aliphatic carbocycles. The summed E-state index contributed by atoms with van der Waals surface area (Å²) in [6, 6.07) is 22.4. The van der Waals surface area contributed by atoms with E-state index in [0.717, 1.165) is 48.8 Å². The van der Waals surface area contributed by atoms with Gasteiger partial charge in [-0.15, -0.1) is 11.3 Å².